The first-order valence-corrected chi connectivity index (χ1v) is 10.6. The van der Waals surface area contributed by atoms with Crippen molar-refractivity contribution in [1.82, 2.24) is 10.6 Å². The third-order valence-electron chi connectivity index (χ3n) is 4.89. The summed E-state index contributed by atoms with van der Waals surface area (Å²) in [5.41, 5.74) is 1.42. The molecule has 0 aliphatic heterocycles. The zero-order valence-electron chi connectivity index (χ0n) is 15.7. The zero-order valence-corrected chi connectivity index (χ0v) is 18.8. The molecular formula is C20H25FIN3O2S. The van der Waals surface area contributed by atoms with E-state index in [1.807, 2.05) is 18.2 Å². The first-order chi connectivity index (χ1) is 13.0. The summed E-state index contributed by atoms with van der Waals surface area (Å²) in [7, 11) is -2.05. The van der Waals surface area contributed by atoms with Crippen molar-refractivity contribution in [2.24, 2.45) is 4.99 Å². The first kappa shape index (κ1) is 22.6. The van der Waals surface area contributed by atoms with Gasteiger partial charge in [-0.2, -0.15) is 0 Å². The monoisotopic (exact) mass is 517 g/mol. The molecule has 2 aromatic carbocycles. The third-order valence-corrected chi connectivity index (χ3v) is 6.64. The molecule has 0 aromatic heterocycles. The number of rotatable bonds is 7. The third kappa shape index (κ3) is 5.44. The normalized spacial score (nSPS) is 15.4. The van der Waals surface area contributed by atoms with Gasteiger partial charge in [-0.15, -0.1) is 24.0 Å². The molecule has 152 valence electrons. The second-order valence-corrected chi connectivity index (χ2v) is 8.83. The van der Waals surface area contributed by atoms with E-state index in [-0.39, 0.29) is 46.6 Å². The summed E-state index contributed by atoms with van der Waals surface area (Å²) in [6, 6.07) is 15.8. The average Bonchev–Trinajstić information content (AvgIpc) is 3.46. The Kier molecular flexibility index (Phi) is 7.82. The maximum atomic E-state index is 13.7. The van der Waals surface area contributed by atoms with Crippen molar-refractivity contribution in [2.45, 2.75) is 23.2 Å². The Bertz CT molecular complexity index is 916. The molecule has 28 heavy (non-hydrogen) atoms. The summed E-state index contributed by atoms with van der Waals surface area (Å²) in [5.74, 6) is -0.391. The fourth-order valence-corrected chi connectivity index (χ4v) is 4.34. The van der Waals surface area contributed by atoms with Gasteiger partial charge in [-0.1, -0.05) is 42.5 Å². The van der Waals surface area contributed by atoms with Crippen LogP contribution in [-0.4, -0.2) is 40.3 Å². The quantitative estimate of drug-likeness (QED) is 0.337. The Morgan fingerprint density at radius 2 is 1.71 bits per heavy atom. The average molecular weight is 517 g/mol. The van der Waals surface area contributed by atoms with E-state index in [1.54, 1.807) is 7.05 Å². The van der Waals surface area contributed by atoms with Crippen LogP contribution in [0.15, 0.2) is 64.5 Å². The minimum atomic E-state index is -3.69. The molecule has 0 amide bonds. The van der Waals surface area contributed by atoms with E-state index < -0.39 is 15.7 Å². The topological polar surface area (TPSA) is 70.6 Å². The smallest absolute Gasteiger partial charge is 0.191 e. The molecule has 0 radical (unpaired) electrons. The van der Waals surface area contributed by atoms with E-state index >= 15 is 0 Å². The second-order valence-electron chi connectivity index (χ2n) is 6.75. The van der Waals surface area contributed by atoms with Gasteiger partial charge < -0.3 is 10.6 Å². The van der Waals surface area contributed by atoms with Gasteiger partial charge in [0.15, 0.2) is 15.8 Å². The van der Waals surface area contributed by atoms with Crippen LogP contribution in [0.1, 0.15) is 18.4 Å². The van der Waals surface area contributed by atoms with E-state index in [4.69, 9.17) is 0 Å². The minimum absolute atomic E-state index is 0. The van der Waals surface area contributed by atoms with Crippen molar-refractivity contribution in [3.05, 3.63) is 66.0 Å². The van der Waals surface area contributed by atoms with Gasteiger partial charge in [0.1, 0.15) is 10.7 Å². The highest BCUT2D eigenvalue weighted by Gasteiger charge is 2.44. The molecule has 0 spiro atoms. The molecular weight excluding hydrogens is 492 g/mol. The highest BCUT2D eigenvalue weighted by Crippen LogP contribution is 2.47. The van der Waals surface area contributed by atoms with Crippen molar-refractivity contribution < 1.29 is 12.8 Å². The van der Waals surface area contributed by atoms with E-state index in [2.05, 4.69) is 27.8 Å². The van der Waals surface area contributed by atoms with Crippen LogP contribution in [0.5, 0.6) is 0 Å². The molecule has 0 unspecified atom stereocenters. The predicted octanol–water partition coefficient (Wildman–Crippen LogP) is 3.11. The van der Waals surface area contributed by atoms with Gasteiger partial charge in [-0.05, 0) is 30.5 Å². The largest absolute Gasteiger partial charge is 0.356 e. The number of aliphatic imine (C=N–C) groups is 1. The summed E-state index contributed by atoms with van der Waals surface area (Å²) >= 11 is 0. The molecule has 1 fully saturated rings. The lowest BCUT2D eigenvalue weighted by molar-refractivity contribution is 0.566. The molecule has 0 bridgehead atoms. The Labute approximate surface area is 182 Å². The number of nitrogens with zero attached hydrogens (tertiary/aromatic N) is 1. The first-order valence-electron chi connectivity index (χ1n) is 8.94. The van der Waals surface area contributed by atoms with Crippen molar-refractivity contribution in [1.29, 1.82) is 0 Å². The molecule has 1 aliphatic carbocycles. The molecule has 0 atom stereocenters. The highest BCUT2D eigenvalue weighted by molar-refractivity contribution is 14.0. The minimum Gasteiger partial charge on any atom is -0.356 e. The van der Waals surface area contributed by atoms with Crippen molar-refractivity contribution >= 4 is 39.8 Å². The lowest BCUT2D eigenvalue weighted by Crippen LogP contribution is -2.42. The number of halogens is 2. The molecule has 2 N–H and O–H groups in total. The lowest BCUT2D eigenvalue weighted by atomic mass is 9.96. The van der Waals surface area contributed by atoms with Gasteiger partial charge in [0.2, 0.25) is 0 Å². The molecule has 2 aromatic rings. The molecule has 5 nitrogen and oxygen atoms in total. The fourth-order valence-electron chi connectivity index (χ4n) is 3.09. The second kappa shape index (κ2) is 9.69. The van der Waals surface area contributed by atoms with Crippen LogP contribution in [0.3, 0.4) is 0 Å². The van der Waals surface area contributed by atoms with Crippen LogP contribution in [0, 0.1) is 5.82 Å². The summed E-state index contributed by atoms with van der Waals surface area (Å²) < 4.78 is 38.3. The van der Waals surface area contributed by atoms with Crippen LogP contribution in [0.4, 0.5) is 4.39 Å². The van der Waals surface area contributed by atoms with Crippen LogP contribution < -0.4 is 10.6 Å². The van der Waals surface area contributed by atoms with Crippen molar-refractivity contribution in [3.8, 4) is 0 Å². The molecule has 0 saturated heterocycles. The number of nitrogens with one attached hydrogen (secondary N) is 2. The predicted molar refractivity (Wildman–Crippen MR) is 121 cm³/mol. The van der Waals surface area contributed by atoms with Gasteiger partial charge >= 0.3 is 0 Å². The van der Waals surface area contributed by atoms with Gasteiger partial charge in [0, 0.05) is 25.6 Å². The van der Waals surface area contributed by atoms with Gasteiger partial charge in [0.05, 0.1) is 5.75 Å². The number of guanidine groups is 1. The molecule has 1 aliphatic rings. The van der Waals surface area contributed by atoms with Crippen molar-refractivity contribution in [3.63, 3.8) is 0 Å². The number of sulfone groups is 1. The van der Waals surface area contributed by atoms with E-state index in [0.29, 0.717) is 5.96 Å². The van der Waals surface area contributed by atoms with Crippen LogP contribution in [0.2, 0.25) is 0 Å². The Balaban J connectivity index is 0.00000280. The maximum absolute atomic E-state index is 13.7. The Morgan fingerprint density at radius 1 is 1.07 bits per heavy atom. The SMILES string of the molecule is CN=C(NCCS(=O)(=O)c1ccccc1F)NCC1(c2ccccc2)CC1.I. The van der Waals surface area contributed by atoms with Crippen LogP contribution in [0.25, 0.3) is 0 Å². The van der Waals surface area contributed by atoms with E-state index in [9.17, 15) is 12.8 Å². The molecule has 1 saturated carbocycles. The number of benzene rings is 2. The molecule has 8 heteroatoms. The van der Waals surface area contributed by atoms with E-state index in [0.717, 1.165) is 25.5 Å². The van der Waals surface area contributed by atoms with E-state index in [1.165, 1.54) is 23.8 Å². The maximum Gasteiger partial charge on any atom is 0.191 e. The van der Waals surface area contributed by atoms with Gasteiger partial charge in [0.25, 0.3) is 0 Å². The summed E-state index contributed by atoms with van der Waals surface area (Å²) in [4.78, 5) is 3.88. The lowest BCUT2D eigenvalue weighted by Gasteiger charge is -2.19. The summed E-state index contributed by atoms with van der Waals surface area (Å²) in [6.45, 7) is 0.880. The number of hydrogen-bond donors (Lipinski definition) is 2. The standard InChI is InChI=1S/C20H24FN3O2S.HI/c1-22-19(24-15-20(11-12-20)16-7-3-2-4-8-16)23-13-14-27(25,26)18-10-6-5-9-17(18)21;/h2-10H,11-15H2,1H3,(H2,22,23,24);1H. The summed E-state index contributed by atoms with van der Waals surface area (Å²) in [6.07, 6.45) is 2.23. The Morgan fingerprint density at radius 3 is 2.32 bits per heavy atom. The zero-order chi connectivity index (χ0) is 19.3. The van der Waals surface area contributed by atoms with Crippen LogP contribution in [-0.2, 0) is 15.3 Å². The molecule has 0 heterocycles. The van der Waals surface area contributed by atoms with Gasteiger partial charge in [-0.3, -0.25) is 4.99 Å². The number of hydrogen-bond acceptors (Lipinski definition) is 3. The van der Waals surface area contributed by atoms with Gasteiger partial charge in [-0.25, -0.2) is 12.8 Å². The fraction of sp³-hybridized carbons (Fsp3) is 0.350. The Hall–Kier alpha value is -1.68. The highest BCUT2D eigenvalue weighted by atomic mass is 127. The van der Waals surface area contributed by atoms with Crippen LogP contribution >= 0.6 is 24.0 Å². The molecule has 3 rings (SSSR count). The summed E-state index contributed by atoms with van der Waals surface area (Å²) in [5, 5.41) is 6.28. The van der Waals surface area contributed by atoms with Crippen molar-refractivity contribution in [2.75, 3.05) is 25.9 Å².